The largest absolute Gasteiger partial charge is 0.468 e. The molecule has 0 aliphatic carbocycles. The summed E-state index contributed by atoms with van der Waals surface area (Å²) in [5.41, 5.74) is -1.44. The summed E-state index contributed by atoms with van der Waals surface area (Å²) in [5.74, 6) is -0.521. The molecule has 2 aliphatic heterocycles. The van der Waals surface area contributed by atoms with E-state index < -0.39 is 11.4 Å². The summed E-state index contributed by atoms with van der Waals surface area (Å²) in [6, 6.07) is 0. The van der Waals surface area contributed by atoms with Gasteiger partial charge >= 0.3 is 5.97 Å². The van der Waals surface area contributed by atoms with Crippen molar-refractivity contribution in [2.75, 3.05) is 7.11 Å². The highest BCUT2D eigenvalue weighted by Gasteiger charge is 2.60. The van der Waals surface area contributed by atoms with Crippen molar-refractivity contribution in [1.29, 1.82) is 0 Å². The molecule has 0 radical (unpaired) electrons. The lowest BCUT2D eigenvalue weighted by atomic mass is 9.76. The van der Waals surface area contributed by atoms with E-state index in [-0.39, 0.29) is 17.5 Å². The molecule has 2 heterocycles. The van der Waals surface area contributed by atoms with Crippen LogP contribution in [0.4, 0.5) is 0 Å². The second kappa shape index (κ2) is 3.04. The van der Waals surface area contributed by atoms with Crippen molar-refractivity contribution in [3.63, 3.8) is 0 Å². The van der Waals surface area contributed by atoms with E-state index in [4.69, 9.17) is 9.47 Å². The number of carbonyl (C=O) groups excluding carboxylic acids is 2. The Morgan fingerprint density at radius 3 is 2.80 bits per heavy atom. The monoisotopic (exact) mass is 212 g/mol. The van der Waals surface area contributed by atoms with E-state index in [1.807, 2.05) is 6.92 Å². The predicted molar refractivity (Wildman–Crippen MR) is 52.3 cm³/mol. The lowest BCUT2D eigenvalue weighted by Gasteiger charge is -2.39. The number of Topliss-reactive ketones (excluding diaryl/α,β-unsaturated/α-hetero) is 1. The molecule has 2 saturated heterocycles. The van der Waals surface area contributed by atoms with E-state index in [1.165, 1.54) is 7.11 Å². The molecular weight excluding hydrogens is 196 g/mol. The minimum Gasteiger partial charge on any atom is -0.468 e. The third kappa shape index (κ3) is 1.31. The zero-order valence-corrected chi connectivity index (χ0v) is 9.33. The third-order valence-corrected chi connectivity index (χ3v) is 3.73. The molecule has 2 fully saturated rings. The highest BCUT2D eigenvalue weighted by atomic mass is 16.5. The molecule has 0 aromatic heterocycles. The fourth-order valence-electron chi connectivity index (χ4n) is 2.59. The number of fused-ring (bicyclic) bond motifs is 2. The highest BCUT2D eigenvalue weighted by Crippen LogP contribution is 2.48. The van der Waals surface area contributed by atoms with Crippen LogP contribution in [0.2, 0.25) is 0 Å². The van der Waals surface area contributed by atoms with Gasteiger partial charge in [0.2, 0.25) is 0 Å². The summed E-state index contributed by atoms with van der Waals surface area (Å²) < 4.78 is 10.5. The Hall–Kier alpha value is -0.900. The number of ketones is 1. The van der Waals surface area contributed by atoms with Crippen LogP contribution in [0, 0.1) is 5.41 Å². The molecule has 84 valence electrons. The number of carbonyl (C=O) groups is 2. The van der Waals surface area contributed by atoms with E-state index in [2.05, 4.69) is 0 Å². The normalized spacial score (nSPS) is 44.2. The first-order chi connectivity index (χ1) is 6.92. The van der Waals surface area contributed by atoms with E-state index in [1.54, 1.807) is 6.92 Å². The van der Waals surface area contributed by atoms with E-state index in [9.17, 15) is 9.59 Å². The van der Waals surface area contributed by atoms with Crippen molar-refractivity contribution in [2.45, 2.75) is 44.8 Å². The van der Waals surface area contributed by atoms with Crippen LogP contribution in [0.15, 0.2) is 0 Å². The fraction of sp³-hybridized carbons (Fsp3) is 0.818. The van der Waals surface area contributed by atoms with Gasteiger partial charge in [-0.2, -0.15) is 0 Å². The van der Waals surface area contributed by atoms with E-state index >= 15 is 0 Å². The maximum atomic E-state index is 12.0. The Morgan fingerprint density at radius 1 is 1.53 bits per heavy atom. The Morgan fingerprint density at radius 2 is 2.20 bits per heavy atom. The van der Waals surface area contributed by atoms with Gasteiger partial charge in [0.15, 0.2) is 5.78 Å². The van der Waals surface area contributed by atoms with Gasteiger partial charge in [-0.15, -0.1) is 0 Å². The zero-order valence-electron chi connectivity index (χ0n) is 9.33. The number of hydrogen-bond acceptors (Lipinski definition) is 4. The maximum absolute atomic E-state index is 12.0. The number of hydrogen-bond donors (Lipinski definition) is 0. The topological polar surface area (TPSA) is 52.6 Å². The first-order valence-electron chi connectivity index (χ1n) is 5.22. The average molecular weight is 212 g/mol. The molecule has 4 nitrogen and oxygen atoms in total. The van der Waals surface area contributed by atoms with Gasteiger partial charge in [0.1, 0.15) is 5.41 Å². The number of ether oxygens (including phenoxy) is 2. The second-order valence-electron chi connectivity index (χ2n) is 4.89. The van der Waals surface area contributed by atoms with Crippen molar-refractivity contribution in [3.05, 3.63) is 0 Å². The Balaban J connectivity index is 2.34. The van der Waals surface area contributed by atoms with Crippen LogP contribution in [-0.2, 0) is 19.1 Å². The highest BCUT2D eigenvalue weighted by molar-refractivity contribution is 6.05. The molecular formula is C11H16O4. The smallest absolute Gasteiger partial charge is 0.321 e. The number of methoxy groups -OCH3 is 1. The van der Waals surface area contributed by atoms with Crippen molar-refractivity contribution in [2.24, 2.45) is 5.41 Å². The van der Waals surface area contributed by atoms with Crippen molar-refractivity contribution in [3.8, 4) is 0 Å². The average Bonchev–Trinajstić information content (AvgIpc) is 2.53. The van der Waals surface area contributed by atoms with Gasteiger partial charge in [0, 0.05) is 6.42 Å². The van der Waals surface area contributed by atoms with Crippen LogP contribution in [0.25, 0.3) is 0 Å². The minimum absolute atomic E-state index is 0.0504. The van der Waals surface area contributed by atoms with Gasteiger partial charge in [0.25, 0.3) is 0 Å². The maximum Gasteiger partial charge on any atom is 0.321 e. The molecule has 0 unspecified atom stereocenters. The summed E-state index contributed by atoms with van der Waals surface area (Å²) in [6.07, 6.45) is 1.61. The van der Waals surface area contributed by atoms with Gasteiger partial charge in [-0.3, -0.25) is 9.59 Å². The van der Waals surface area contributed by atoms with Crippen LogP contribution in [0.5, 0.6) is 0 Å². The van der Waals surface area contributed by atoms with E-state index in [0.29, 0.717) is 6.42 Å². The Labute approximate surface area is 88.9 Å². The van der Waals surface area contributed by atoms with Gasteiger partial charge in [0.05, 0.1) is 18.8 Å². The molecule has 15 heavy (non-hydrogen) atoms. The van der Waals surface area contributed by atoms with Gasteiger partial charge in [-0.25, -0.2) is 0 Å². The first kappa shape index (κ1) is 10.6. The molecule has 2 rings (SSSR count). The van der Waals surface area contributed by atoms with Crippen molar-refractivity contribution < 1.29 is 19.1 Å². The van der Waals surface area contributed by atoms with Gasteiger partial charge < -0.3 is 9.47 Å². The summed E-state index contributed by atoms with van der Waals surface area (Å²) >= 11 is 0. The molecule has 2 aliphatic rings. The molecule has 0 spiro atoms. The summed E-state index contributed by atoms with van der Waals surface area (Å²) in [4.78, 5) is 23.7. The molecule has 0 saturated carbocycles. The molecule has 2 bridgehead atoms. The summed E-state index contributed by atoms with van der Waals surface area (Å²) in [6.45, 7) is 3.57. The summed E-state index contributed by atoms with van der Waals surface area (Å²) in [7, 11) is 1.31. The van der Waals surface area contributed by atoms with Crippen LogP contribution in [0.3, 0.4) is 0 Å². The zero-order chi connectivity index (χ0) is 11.3. The molecule has 4 heteroatoms. The van der Waals surface area contributed by atoms with Crippen LogP contribution < -0.4 is 0 Å². The van der Waals surface area contributed by atoms with E-state index in [0.717, 1.165) is 12.8 Å². The Kier molecular flexibility index (Phi) is 2.15. The predicted octanol–water partition coefficient (Wildman–Crippen LogP) is 1.08. The number of rotatable bonds is 1. The first-order valence-corrected chi connectivity index (χ1v) is 5.22. The SMILES string of the molecule is COC(=O)[C@]1(C)C(=O)C[C@]2(C)CC[C@@H]1O2. The lowest BCUT2D eigenvalue weighted by molar-refractivity contribution is -0.182. The van der Waals surface area contributed by atoms with Crippen LogP contribution in [-0.4, -0.2) is 30.6 Å². The molecule has 0 aromatic rings. The lowest BCUT2D eigenvalue weighted by Crippen LogP contribution is -2.53. The minimum atomic E-state index is -1.09. The molecule has 3 atom stereocenters. The number of esters is 1. The quantitative estimate of drug-likeness (QED) is 0.482. The fourth-order valence-corrected chi connectivity index (χ4v) is 2.59. The molecule has 0 aromatic carbocycles. The molecule has 0 N–H and O–H groups in total. The second-order valence-corrected chi connectivity index (χ2v) is 4.89. The van der Waals surface area contributed by atoms with Crippen molar-refractivity contribution in [1.82, 2.24) is 0 Å². The summed E-state index contributed by atoms with van der Waals surface area (Å²) in [5, 5.41) is 0. The third-order valence-electron chi connectivity index (χ3n) is 3.73. The van der Waals surface area contributed by atoms with Crippen LogP contribution in [0.1, 0.15) is 33.1 Å². The Bertz CT molecular complexity index is 325. The van der Waals surface area contributed by atoms with Crippen molar-refractivity contribution >= 4 is 11.8 Å². The van der Waals surface area contributed by atoms with Gasteiger partial charge in [-0.05, 0) is 26.7 Å². The molecule has 0 amide bonds. The van der Waals surface area contributed by atoms with Crippen LogP contribution >= 0.6 is 0 Å². The van der Waals surface area contributed by atoms with Gasteiger partial charge in [-0.1, -0.05) is 0 Å². The standard InChI is InChI=1S/C11H16O4/c1-10-5-4-8(15-10)11(2,7(12)6-10)9(13)14-3/h8H,4-6H2,1-3H3/t8-,10-,11+/m0/s1.